The van der Waals surface area contributed by atoms with Gasteiger partial charge in [0.1, 0.15) is 5.69 Å². The van der Waals surface area contributed by atoms with Crippen LogP contribution in [0.3, 0.4) is 0 Å². The summed E-state index contributed by atoms with van der Waals surface area (Å²) in [5, 5.41) is 5.67. The zero-order valence-corrected chi connectivity index (χ0v) is 22.2. The number of aromatic nitrogens is 2. The first kappa shape index (κ1) is 27.6. The fourth-order valence-corrected chi connectivity index (χ4v) is 4.36. The molecule has 0 fully saturated rings. The molecule has 202 valence electrons. The summed E-state index contributed by atoms with van der Waals surface area (Å²) in [7, 11) is 1.71. The second-order valence-corrected chi connectivity index (χ2v) is 9.61. The number of amides is 1. The minimum absolute atomic E-state index is 0.0878. The first-order valence-electron chi connectivity index (χ1n) is 11.9. The number of para-hydroxylation sites is 2. The van der Waals surface area contributed by atoms with Crippen LogP contribution in [0.25, 0.3) is 5.69 Å². The molecule has 39 heavy (non-hydrogen) atoms. The highest BCUT2D eigenvalue weighted by Gasteiger charge is 2.24. The third kappa shape index (κ3) is 6.37. The van der Waals surface area contributed by atoms with Crippen LogP contribution in [0.1, 0.15) is 23.0 Å². The van der Waals surface area contributed by atoms with Gasteiger partial charge >= 0.3 is 5.97 Å². The van der Waals surface area contributed by atoms with Crippen molar-refractivity contribution >= 4 is 40.7 Å². The normalized spacial score (nSPS) is 11.7. The number of esters is 1. The van der Waals surface area contributed by atoms with E-state index >= 15 is 0 Å². The number of alkyl halides is 2. The molecular formula is C28H26F2N4O4S. The molecule has 4 rings (SSSR count). The average molecular weight is 553 g/mol. The SMILES string of the molecule is Cc1c(NC(=O)[C@H](C)OC(=O)c2ccccc2Nc2ccc(SC(F)F)cc2)c(=O)n(-c2ccccc2)n1C. The van der Waals surface area contributed by atoms with E-state index in [9.17, 15) is 23.2 Å². The van der Waals surface area contributed by atoms with Crippen molar-refractivity contribution in [3.63, 3.8) is 0 Å². The Hall–Kier alpha value is -4.38. The minimum Gasteiger partial charge on any atom is -0.449 e. The fourth-order valence-electron chi connectivity index (χ4n) is 3.86. The van der Waals surface area contributed by atoms with E-state index in [1.54, 1.807) is 85.4 Å². The largest absolute Gasteiger partial charge is 0.449 e. The summed E-state index contributed by atoms with van der Waals surface area (Å²) in [6.45, 7) is 3.12. The van der Waals surface area contributed by atoms with Crippen LogP contribution < -0.4 is 16.2 Å². The van der Waals surface area contributed by atoms with Gasteiger partial charge in [0.25, 0.3) is 17.2 Å². The summed E-state index contributed by atoms with van der Waals surface area (Å²) in [6, 6.07) is 21.9. The van der Waals surface area contributed by atoms with Crippen LogP contribution in [-0.2, 0) is 16.6 Å². The maximum absolute atomic E-state index is 13.1. The number of ether oxygens (including phenoxy) is 1. The molecule has 11 heteroatoms. The number of benzene rings is 3. The minimum atomic E-state index is -2.52. The number of hydrogen-bond acceptors (Lipinski definition) is 6. The molecule has 0 aliphatic carbocycles. The molecule has 0 saturated heterocycles. The van der Waals surface area contributed by atoms with E-state index in [2.05, 4.69) is 10.6 Å². The number of anilines is 3. The molecule has 0 spiro atoms. The Morgan fingerprint density at radius 1 is 0.949 bits per heavy atom. The Morgan fingerprint density at radius 2 is 1.59 bits per heavy atom. The average Bonchev–Trinajstić information content (AvgIpc) is 3.13. The lowest BCUT2D eigenvalue weighted by molar-refractivity contribution is -0.123. The third-order valence-electron chi connectivity index (χ3n) is 5.96. The lowest BCUT2D eigenvalue weighted by atomic mass is 10.1. The van der Waals surface area contributed by atoms with Gasteiger partial charge in [0, 0.05) is 17.6 Å². The number of carbonyl (C=O) groups excluding carboxylic acids is 2. The first-order valence-corrected chi connectivity index (χ1v) is 12.8. The van der Waals surface area contributed by atoms with E-state index in [1.165, 1.54) is 17.7 Å². The number of thioether (sulfide) groups is 1. The molecule has 0 aliphatic rings. The van der Waals surface area contributed by atoms with E-state index in [4.69, 9.17) is 4.74 Å². The lowest BCUT2D eigenvalue weighted by Crippen LogP contribution is -2.32. The maximum Gasteiger partial charge on any atom is 0.341 e. The number of halogens is 2. The Bertz CT molecular complexity index is 1540. The van der Waals surface area contributed by atoms with Crippen LogP contribution in [-0.4, -0.2) is 33.1 Å². The molecule has 0 unspecified atom stereocenters. The van der Waals surface area contributed by atoms with Crippen molar-refractivity contribution in [1.82, 2.24) is 9.36 Å². The monoisotopic (exact) mass is 552 g/mol. The molecule has 0 radical (unpaired) electrons. The molecule has 1 amide bonds. The maximum atomic E-state index is 13.1. The lowest BCUT2D eigenvalue weighted by Gasteiger charge is -2.15. The van der Waals surface area contributed by atoms with Crippen molar-refractivity contribution in [3.8, 4) is 5.69 Å². The van der Waals surface area contributed by atoms with Crippen LogP contribution in [0, 0.1) is 6.92 Å². The van der Waals surface area contributed by atoms with Crippen LogP contribution in [0.2, 0.25) is 0 Å². The topological polar surface area (TPSA) is 94.4 Å². The second-order valence-electron chi connectivity index (χ2n) is 8.55. The summed E-state index contributed by atoms with van der Waals surface area (Å²) in [5.74, 6) is -3.93. The molecule has 0 aliphatic heterocycles. The first-order chi connectivity index (χ1) is 18.7. The highest BCUT2D eigenvalue weighted by molar-refractivity contribution is 7.99. The van der Waals surface area contributed by atoms with Crippen molar-refractivity contribution in [3.05, 3.63) is 100 Å². The van der Waals surface area contributed by atoms with Crippen molar-refractivity contribution in [2.24, 2.45) is 7.05 Å². The quantitative estimate of drug-likeness (QED) is 0.204. The Kier molecular flexibility index (Phi) is 8.50. The number of nitrogens with zero attached hydrogens (tertiary/aromatic N) is 2. The number of nitrogens with one attached hydrogen (secondary N) is 2. The zero-order chi connectivity index (χ0) is 28.1. The van der Waals surface area contributed by atoms with E-state index < -0.39 is 29.3 Å². The number of carbonyl (C=O) groups is 2. The second kappa shape index (κ2) is 12.0. The molecule has 1 atom stereocenters. The van der Waals surface area contributed by atoms with Gasteiger partial charge in [0.05, 0.1) is 22.6 Å². The Morgan fingerprint density at radius 3 is 2.26 bits per heavy atom. The molecule has 1 heterocycles. The number of rotatable bonds is 9. The van der Waals surface area contributed by atoms with Gasteiger partial charge < -0.3 is 15.4 Å². The molecule has 0 saturated carbocycles. The summed E-state index contributed by atoms with van der Waals surface area (Å²) in [6.07, 6.45) is -1.21. The van der Waals surface area contributed by atoms with Crippen LogP contribution in [0.15, 0.2) is 88.6 Å². The number of hydrogen-bond donors (Lipinski definition) is 2. The van der Waals surface area contributed by atoms with Gasteiger partial charge in [-0.05, 0) is 62.4 Å². The van der Waals surface area contributed by atoms with Crippen LogP contribution in [0.4, 0.5) is 25.8 Å². The van der Waals surface area contributed by atoms with Gasteiger partial charge in [-0.3, -0.25) is 14.3 Å². The van der Waals surface area contributed by atoms with Gasteiger partial charge in [-0.2, -0.15) is 8.78 Å². The molecule has 8 nitrogen and oxygen atoms in total. The van der Waals surface area contributed by atoms with E-state index in [-0.39, 0.29) is 11.3 Å². The van der Waals surface area contributed by atoms with E-state index in [0.717, 1.165) is 0 Å². The highest BCUT2D eigenvalue weighted by Crippen LogP contribution is 2.28. The zero-order valence-electron chi connectivity index (χ0n) is 21.4. The third-order valence-corrected chi connectivity index (χ3v) is 6.68. The van der Waals surface area contributed by atoms with E-state index in [1.807, 2.05) is 6.07 Å². The Balaban J connectivity index is 1.46. The van der Waals surface area contributed by atoms with Gasteiger partial charge in [0.2, 0.25) is 0 Å². The van der Waals surface area contributed by atoms with Gasteiger partial charge in [-0.15, -0.1) is 0 Å². The summed E-state index contributed by atoms with van der Waals surface area (Å²) in [5.41, 5.74) is 2.00. The van der Waals surface area contributed by atoms with Gasteiger partial charge in [0.15, 0.2) is 6.10 Å². The summed E-state index contributed by atoms with van der Waals surface area (Å²) in [4.78, 5) is 39.4. The van der Waals surface area contributed by atoms with E-state index in [0.29, 0.717) is 39.4 Å². The van der Waals surface area contributed by atoms with Gasteiger partial charge in [-0.1, -0.05) is 42.1 Å². The van der Waals surface area contributed by atoms with Crippen molar-refractivity contribution < 1.29 is 23.1 Å². The molecule has 3 aromatic carbocycles. The summed E-state index contributed by atoms with van der Waals surface area (Å²) < 4.78 is 33.6. The van der Waals surface area contributed by atoms with Gasteiger partial charge in [-0.25, -0.2) is 9.48 Å². The van der Waals surface area contributed by atoms with Crippen molar-refractivity contribution in [1.29, 1.82) is 0 Å². The smallest absolute Gasteiger partial charge is 0.341 e. The molecule has 0 bridgehead atoms. The predicted octanol–water partition coefficient (Wildman–Crippen LogP) is 5.73. The standard InChI is InChI=1S/C28H26F2N4O4S/c1-17-24(26(36)34(33(17)3)20-9-5-4-6-10-20)32-25(35)18(2)38-27(37)22-11-7-8-12-23(22)31-19-13-15-21(16-14-19)39-28(29)30/h4-16,18,28,31H,1-3H3,(H,32,35)/t18-/m0/s1. The summed E-state index contributed by atoms with van der Waals surface area (Å²) >= 11 is 0.439. The molecule has 1 aromatic heterocycles. The predicted molar refractivity (Wildman–Crippen MR) is 147 cm³/mol. The Labute approximate surface area is 227 Å². The fraction of sp³-hybridized carbons (Fsp3) is 0.179. The van der Waals surface area contributed by atoms with Crippen molar-refractivity contribution in [2.45, 2.75) is 30.6 Å². The molecule has 2 N–H and O–H groups in total. The highest BCUT2D eigenvalue weighted by atomic mass is 32.2. The van der Waals surface area contributed by atoms with Crippen molar-refractivity contribution in [2.75, 3.05) is 10.6 Å². The molecule has 4 aromatic rings. The molecular weight excluding hydrogens is 526 g/mol. The van der Waals surface area contributed by atoms with Crippen LogP contribution in [0.5, 0.6) is 0 Å². The van der Waals surface area contributed by atoms with Crippen LogP contribution >= 0.6 is 11.8 Å².